The molecule has 3 rings (SSSR count). The zero-order valence-corrected chi connectivity index (χ0v) is 11.5. The minimum atomic E-state index is -0.835. The maximum Gasteiger partial charge on any atom is 0.314 e. The number of hydroxylamine groups is 1. The highest BCUT2D eigenvalue weighted by atomic mass is 16.6. The third-order valence-electron chi connectivity index (χ3n) is 3.62. The zero-order valence-electron chi connectivity index (χ0n) is 11.5. The smallest absolute Gasteiger partial charge is 0.314 e. The van der Waals surface area contributed by atoms with Crippen molar-refractivity contribution in [3.63, 3.8) is 0 Å². The van der Waals surface area contributed by atoms with Crippen molar-refractivity contribution in [3.8, 4) is 0 Å². The monoisotopic (exact) mass is 306 g/mol. The Kier molecular flexibility index (Phi) is 3.73. The molecule has 1 aliphatic heterocycles. The average molecular weight is 306 g/mol. The van der Waals surface area contributed by atoms with Crippen LogP contribution in [0.3, 0.4) is 0 Å². The Balaban J connectivity index is 2.12. The lowest BCUT2D eigenvalue weighted by atomic mass is 10.00. The van der Waals surface area contributed by atoms with Crippen LogP contribution in [0.15, 0.2) is 21.7 Å². The lowest BCUT2D eigenvalue weighted by molar-refractivity contribution is -0.384. The van der Waals surface area contributed by atoms with Crippen molar-refractivity contribution in [3.05, 3.63) is 48.5 Å². The number of nitrogens with one attached hydrogen (secondary N) is 3. The summed E-state index contributed by atoms with van der Waals surface area (Å²) in [4.78, 5) is 43.5. The normalized spacial score (nSPS) is 18.5. The van der Waals surface area contributed by atoms with Gasteiger partial charge in [-0.15, -0.1) is 0 Å². The largest absolute Gasteiger partial charge is 0.316 e. The van der Waals surface area contributed by atoms with Crippen LogP contribution in [0.2, 0.25) is 0 Å². The van der Waals surface area contributed by atoms with Gasteiger partial charge in [0.25, 0.3) is 5.69 Å². The van der Waals surface area contributed by atoms with Crippen LogP contribution >= 0.6 is 0 Å². The molecule has 0 aliphatic carbocycles. The van der Waals surface area contributed by atoms with E-state index in [2.05, 4.69) is 15.4 Å². The third kappa shape index (κ3) is 2.76. The summed E-state index contributed by atoms with van der Waals surface area (Å²) < 4.78 is 0. The molecular weight excluding hydrogens is 292 g/mol. The molecule has 1 aliphatic rings. The quantitative estimate of drug-likeness (QED) is 0.426. The third-order valence-corrected chi connectivity index (χ3v) is 3.62. The molecule has 2 aromatic rings. The van der Waals surface area contributed by atoms with E-state index in [0.29, 0.717) is 24.1 Å². The van der Waals surface area contributed by atoms with Crippen molar-refractivity contribution in [2.75, 3.05) is 6.61 Å². The fourth-order valence-corrected chi connectivity index (χ4v) is 2.59. The first-order valence-electron chi connectivity index (χ1n) is 6.85. The van der Waals surface area contributed by atoms with Gasteiger partial charge in [0, 0.05) is 18.2 Å². The van der Waals surface area contributed by atoms with E-state index in [4.69, 9.17) is 4.84 Å². The molecule has 0 bridgehead atoms. The molecule has 9 nitrogen and oxygen atoms in total. The van der Waals surface area contributed by atoms with Gasteiger partial charge in [-0.1, -0.05) is 0 Å². The number of hydrogen-bond donors (Lipinski definition) is 3. The number of aromatic amines is 2. The summed E-state index contributed by atoms with van der Waals surface area (Å²) in [6.07, 6.45) is 2.19. The van der Waals surface area contributed by atoms with Crippen LogP contribution in [0.5, 0.6) is 0 Å². The van der Waals surface area contributed by atoms with E-state index in [1.54, 1.807) is 0 Å². The lowest BCUT2D eigenvalue weighted by Crippen LogP contribution is -2.36. The van der Waals surface area contributed by atoms with Crippen LogP contribution in [-0.4, -0.2) is 27.5 Å². The molecular formula is C13H14N4O5. The molecule has 1 saturated heterocycles. The van der Waals surface area contributed by atoms with Gasteiger partial charge in [-0.25, -0.2) is 0 Å². The van der Waals surface area contributed by atoms with Gasteiger partial charge in [0.05, 0.1) is 22.6 Å². The molecule has 0 saturated carbocycles. The van der Waals surface area contributed by atoms with E-state index in [1.807, 2.05) is 0 Å². The number of nitro benzene ring substituents is 1. The second kappa shape index (κ2) is 5.70. The lowest BCUT2D eigenvalue weighted by Gasteiger charge is -2.23. The van der Waals surface area contributed by atoms with Gasteiger partial charge < -0.3 is 14.8 Å². The molecule has 9 heteroatoms. The van der Waals surface area contributed by atoms with Gasteiger partial charge in [0.15, 0.2) is 0 Å². The maximum atomic E-state index is 11.5. The Morgan fingerprint density at radius 3 is 2.73 bits per heavy atom. The Morgan fingerprint density at radius 2 is 2.05 bits per heavy atom. The second-order valence-corrected chi connectivity index (χ2v) is 5.20. The highest BCUT2D eigenvalue weighted by Crippen LogP contribution is 2.23. The number of fused-ring (bicyclic) bond motifs is 1. The minimum absolute atomic E-state index is 0.00520. The molecule has 0 spiro atoms. The van der Waals surface area contributed by atoms with Gasteiger partial charge in [-0.2, -0.15) is 5.48 Å². The highest BCUT2D eigenvalue weighted by Gasteiger charge is 2.19. The zero-order chi connectivity index (χ0) is 15.7. The summed E-state index contributed by atoms with van der Waals surface area (Å²) >= 11 is 0. The predicted octanol–water partition coefficient (Wildman–Crippen LogP) is 0.351. The molecule has 1 unspecified atom stereocenters. The van der Waals surface area contributed by atoms with Gasteiger partial charge in [-0.3, -0.25) is 19.7 Å². The number of benzene rings is 1. The summed E-state index contributed by atoms with van der Waals surface area (Å²) in [5.41, 5.74) is 2.35. The summed E-state index contributed by atoms with van der Waals surface area (Å²) in [6, 6.07) is 2.64. The van der Waals surface area contributed by atoms with E-state index in [1.165, 1.54) is 12.1 Å². The molecule has 2 heterocycles. The Morgan fingerprint density at radius 1 is 1.27 bits per heavy atom. The van der Waals surface area contributed by atoms with Gasteiger partial charge in [-0.05, 0) is 24.8 Å². The minimum Gasteiger partial charge on any atom is -0.316 e. The number of rotatable bonds is 3. The molecule has 1 atom stereocenters. The highest BCUT2D eigenvalue weighted by molar-refractivity contribution is 5.80. The molecule has 1 fully saturated rings. The Bertz CT molecular complexity index is 834. The Hall–Kier alpha value is -2.52. The van der Waals surface area contributed by atoms with Gasteiger partial charge in [0.2, 0.25) is 0 Å². The number of hydrogen-bond acceptors (Lipinski definition) is 6. The molecule has 3 N–H and O–H groups in total. The molecule has 0 amide bonds. The van der Waals surface area contributed by atoms with Gasteiger partial charge in [0.1, 0.15) is 0 Å². The van der Waals surface area contributed by atoms with E-state index in [-0.39, 0.29) is 17.2 Å². The van der Waals surface area contributed by atoms with Crippen LogP contribution < -0.4 is 16.6 Å². The van der Waals surface area contributed by atoms with Gasteiger partial charge >= 0.3 is 11.1 Å². The maximum absolute atomic E-state index is 11.5. The number of H-pyrrole nitrogens is 2. The van der Waals surface area contributed by atoms with Crippen molar-refractivity contribution < 1.29 is 9.76 Å². The predicted molar refractivity (Wildman–Crippen MR) is 77.7 cm³/mol. The topological polar surface area (TPSA) is 130 Å². The van der Waals surface area contributed by atoms with Crippen LogP contribution in [0.4, 0.5) is 5.69 Å². The van der Waals surface area contributed by atoms with E-state index < -0.39 is 16.0 Å². The molecule has 1 aromatic carbocycles. The van der Waals surface area contributed by atoms with Crippen LogP contribution in [0.1, 0.15) is 18.4 Å². The Labute approximate surface area is 123 Å². The molecule has 22 heavy (non-hydrogen) atoms. The molecule has 0 radical (unpaired) electrons. The van der Waals surface area contributed by atoms with E-state index >= 15 is 0 Å². The first-order valence-corrected chi connectivity index (χ1v) is 6.85. The number of nitro groups is 1. The number of non-ortho nitro benzene ring substituents is 1. The SMILES string of the molecule is O=c1[nH]c2cc([N+](=O)[O-])cc(CC3CCCON3)c2[nH]c1=O. The second-order valence-electron chi connectivity index (χ2n) is 5.20. The van der Waals surface area contributed by atoms with Crippen LogP contribution in [0, 0.1) is 10.1 Å². The van der Waals surface area contributed by atoms with Crippen molar-refractivity contribution in [2.45, 2.75) is 25.3 Å². The standard InChI is InChI=1S/C13H14N4O5/c18-12-13(19)15-11-7(4-8-2-1-3-22-16-8)5-9(17(20)21)6-10(11)14-12/h5-6,8,16H,1-4H2,(H,14,18)(H,15,19). The summed E-state index contributed by atoms with van der Waals surface area (Å²) in [5.74, 6) is 0. The first kappa shape index (κ1) is 14.4. The summed E-state index contributed by atoms with van der Waals surface area (Å²) in [6.45, 7) is 0.621. The fraction of sp³-hybridized carbons (Fsp3) is 0.385. The summed E-state index contributed by atoms with van der Waals surface area (Å²) in [7, 11) is 0. The van der Waals surface area contributed by atoms with Crippen molar-refractivity contribution >= 4 is 16.7 Å². The fourth-order valence-electron chi connectivity index (χ4n) is 2.59. The average Bonchev–Trinajstić information content (AvgIpc) is 2.50. The first-order chi connectivity index (χ1) is 10.5. The van der Waals surface area contributed by atoms with Crippen molar-refractivity contribution in [1.29, 1.82) is 0 Å². The van der Waals surface area contributed by atoms with Crippen LogP contribution in [-0.2, 0) is 11.3 Å². The molecule has 1 aromatic heterocycles. The molecule has 116 valence electrons. The number of nitrogens with zero attached hydrogens (tertiary/aromatic N) is 1. The van der Waals surface area contributed by atoms with E-state index in [9.17, 15) is 19.7 Å². The van der Waals surface area contributed by atoms with Crippen LogP contribution in [0.25, 0.3) is 11.0 Å². The number of aromatic nitrogens is 2. The van der Waals surface area contributed by atoms with Crippen molar-refractivity contribution in [2.24, 2.45) is 0 Å². The van der Waals surface area contributed by atoms with E-state index in [0.717, 1.165) is 12.8 Å². The van der Waals surface area contributed by atoms with Crippen molar-refractivity contribution in [1.82, 2.24) is 15.4 Å². The summed E-state index contributed by atoms with van der Waals surface area (Å²) in [5, 5.41) is 11.0.